The van der Waals surface area contributed by atoms with Crippen molar-refractivity contribution in [3.63, 3.8) is 0 Å². The van der Waals surface area contributed by atoms with Crippen molar-refractivity contribution in [2.24, 2.45) is 0 Å². The zero-order valence-electron chi connectivity index (χ0n) is 10.9. The third-order valence-corrected chi connectivity index (χ3v) is 2.80. The molecule has 0 bridgehead atoms. The summed E-state index contributed by atoms with van der Waals surface area (Å²) in [5.74, 6) is 0. The second kappa shape index (κ2) is 5.14. The van der Waals surface area contributed by atoms with Crippen molar-refractivity contribution < 1.29 is 0 Å². The van der Waals surface area contributed by atoms with Gasteiger partial charge in [-0.15, -0.1) is 0 Å². The number of benzene rings is 1. The summed E-state index contributed by atoms with van der Waals surface area (Å²) in [6.45, 7) is 4.41. The van der Waals surface area contributed by atoms with E-state index < -0.39 is 0 Å². The predicted octanol–water partition coefficient (Wildman–Crippen LogP) is 1.57. The monoisotopic (exact) mass is 243 g/mol. The first-order chi connectivity index (χ1) is 8.61. The summed E-state index contributed by atoms with van der Waals surface area (Å²) >= 11 is 0. The predicted molar refractivity (Wildman–Crippen MR) is 72.1 cm³/mol. The van der Waals surface area contributed by atoms with Crippen LogP contribution in [0.1, 0.15) is 17.0 Å². The van der Waals surface area contributed by atoms with E-state index in [1.807, 2.05) is 38.1 Å². The molecule has 1 aromatic heterocycles. The van der Waals surface area contributed by atoms with Crippen molar-refractivity contribution in [1.82, 2.24) is 15.1 Å². The summed E-state index contributed by atoms with van der Waals surface area (Å²) in [7, 11) is 1.80. The molecule has 18 heavy (non-hydrogen) atoms. The van der Waals surface area contributed by atoms with Gasteiger partial charge < -0.3 is 5.32 Å². The number of nitrogens with zero attached hydrogens (tertiary/aromatic N) is 2. The Bertz CT molecular complexity index is 599. The van der Waals surface area contributed by atoms with Crippen LogP contribution in [0.25, 0.3) is 5.69 Å². The summed E-state index contributed by atoms with van der Waals surface area (Å²) in [5, 5.41) is 7.36. The van der Waals surface area contributed by atoms with Crippen molar-refractivity contribution in [2.75, 3.05) is 7.05 Å². The lowest BCUT2D eigenvalue weighted by molar-refractivity contribution is 0.704. The van der Waals surface area contributed by atoms with Gasteiger partial charge in [0.2, 0.25) is 5.43 Å². The molecule has 0 atom stereocenters. The Labute approximate surface area is 106 Å². The van der Waals surface area contributed by atoms with E-state index in [1.165, 1.54) is 5.56 Å². The number of rotatable bonds is 3. The largest absolute Gasteiger partial charge is 0.314 e. The maximum absolute atomic E-state index is 11.8. The third-order valence-electron chi connectivity index (χ3n) is 2.80. The lowest BCUT2D eigenvalue weighted by Crippen LogP contribution is -2.22. The van der Waals surface area contributed by atoms with Crippen LogP contribution in [0.15, 0.2) is 35.1 Å². The van der Waals surface area contributed by atoms with Gasteiger partial charge in [-0.1, -0.05) is 17.7 Å². The highest BCUT2D eigenvalue weighted by Crippen LogP contribution is 2.09. The molecule has 1 N–H and O–H groups in total. The van der Waals surface area contributed by atoms with Gasteiger partial charge in [0.1, 0.15) is 5.69 Å². The fraction of sp³-hybridized carbons (Fsp3) is 0.286. The molecule has 0 saturated heterocycles. The van der Waals surface area contributed by atoms with Crippen LogP contribution in [-0.4, -0.2) is 16.8 Å². The van der Waals surface area contributed by atoms with Gasteiger partial charge >= 0.3 is 0 Å². The van der Waals surface area contributed by atoms with Crippen molar-refractivity contribution >= 4 is 0 Å². The van der Waals surface area contributed by atoms with Crippen LogP contribution in [0.3, 0.4) is 0 Å². The fourth-order valence-electron chi connectivity index (χ4n) is 1.82. The Balaban J connectivity index is 2.53. The molecule has 4 heteroatoms. The molecule has 0 fully saturated rings. The van der Waals surface area contributed by atoms with Gasteiger partial charge in [-0.2, -0.15) is 5.10 Å². The van der Waals surface area contributed by atoms with E-state index in [1.54, 1.807) is 17.8 Å². The molecule has 2 rings (SSSR count). The second-order valence-corrected chi connectivity index (χ2v) is 4.37. The average Bonchev–Trinajstić information content (AvgIpc) is 2.34. The maximum atomic E-state index is 11.8. The average molecular weight is 243 g/mol. The lowest BCUT2D eigenvalue weighted by atomic mass is 10.2. The number of aromatic nitrogens is 2. The molecule has 0 saturated carbocycles. The van der Waals surface area contributed by atoms with E-state index in [-0.39, 0.29) is 5.43 Å². The van der Waals surface area contributed by atoms with Crippen LogP contribution >= 0.6 is 0 Å². The van der Waals surface area contributed by atoms with Crippen LogP contribution in [0, 0.1) is 13.8 Å². The molecule has 1 aromatic carbocycles. The molecule has 2 aromatic rings. The van der Waals surface area contributed by atoms with Gasteiger partial charge in [0.25, 0.3) is 0 Å². The number of hydrogen-bond donors (Lipinski definition) is 1. The maximum Gasteiger partial charge on any atom is 0.204 e. The third kappa shape index (κ3) is 2.49. The molecule has 0 aliphatic carbocycles. The van der Waals surface area contributed by atoms with Gasteiger partial charge in [0.15, 0.2) is 0 Å². The molecule has 94 valence electrons. The molecule has 0 unspecified atom stereocenters. The summed E-state index contributed by atoms with van der Waals surface area (Å²) in [6.07, 6.45) is 0. The van der Waals surface area contributed by atoms with Crippen LogP contribution in [-0.2, 0) is 6.54 Å². The van der Waals surface area contributed by atoms with E-state index >= 15 is 0 Å². The van der Waals surface area contributed by atoms with Gasteiger partial charge in [-0.3, -0.25) is 4.79 Å². The first kappa shape index (κ1) is 12.5. The smallest absolute Gasteiger partial charge is 0.204 e. The van der Waals surface area contributed by atoms with Crippen LogP contribution < -0.4 is 10.7 Å². The molecule has 0 aliphatic heterocycles. The molecule has 0 radical (unpaired) electrons. The molecular formula is C14H17N3O. The Kier molecular flexibility index (Phi) is 3.58. The normalized spacial score (nSPS) is 10.6. The van der Waals surface area contributed by atoms with Crippen molar-refractivity contribution in [3.8, 4) is 5.69 Å². The highest BCUT2D eigenvalue weighted by Gasteiger charge is 2.06. The summed E-state index contributed by atoms with van der Waals surface area (Å²) in [5.41, 5.74) is 3.51. The Morgan fingerprint density at radius 1 is 1.22 bits per heavy atom. The topological polar surface area (TPSA) is 46.9 Å². The summed E-state index contributed by atoms with van der Waals surface area (Å²) in [4.78, 5) is 11.8. The molecule has 0 amide bonds. The van der Waals surface area contributed by atoms with E-state index in [9.17, 15) is 4.79 Å². The number of hydrogen-bond acceptors (Lipinski definition) is 3. The SMILES string of the molecule is CNCc1nn(-c2ccc(C)cc2)c(C)cc1=O. The standard InChI is InChI=1S/C14H17N3O/c1-10-4-6-12(7-5-10)17-11(2)8-14(18)13(16-17)9-15-3/h4-8,15H,9H2,1-3H3. The van der Waals surface area contributed by atoms with Crippen molar-refractivity contribution in [3.05, 3.63) is 57.5 Å². The Hall–Kier alpha value is -1.94. The summed E-state index contributed by atoms with van der Waals surface area (Å²) < 4.78 is 1.80. The molecular weight excluding hydrogens is 226 g/mol. The highest BCUT2D eigenvalue weighted by atomic mass is 16.1. The molecule has 0 aliphatic rings. The molecule has 1 heterocycles. The fourth-order valence-corrected chi connectivity index (χ4v) is 1.82. The van der Waals surface area contributed by atoms with E-state index in [0.29, 0.717) is 12.2 Å². The van der Waals surface area contributed by atoms with E-state index in [2.05, 4.69) is 10.4 Å². The van der Waals surface area contributed by atoms with E-state index in [0.717, 1.165) is 11.4 Å². The molecule has 4 nitrogen and oxygen atoms in total. The molecule has 0 spiro atoms. The zero-order valence-corrected chi connectivity index (χ0v) is 10.9. The van der Waals surface area contributed by atoms with Gasteiger partial charge in [0.05, 0.1) is 5.69 Å². The van der Waals surface area contributed by atoms with Crippen LogP contribution in [0.4, 0.5) is 0 Å². The van der Waals surface area contributed by atoms with Gasteiger partial charge in [0, 0.05) is 18.3 Å². The minimum absolute atomic E-state index is 0.0230. The highest BCUT2D eigenvalue weighted by molar-refractivity contribution is 5.35. The van der Waals surface area contributed by atoms with Crippen molar-refractivity contribution in [1.29, 1.82) is 0 Å². The van der Waals surface area contributed by atoms with Crippen LogP contribution in [0.2, 0.25) is 0 Å². The van der Waals surface area contributed by atoms with E-state index in [4.69, 9.17) is 0 Å². The zero-order chi connectivity index (χ0) is 13.1. The Morgan fingerprint density at radius 3 is 2.50 bits per heavy atom. The Morgan fingerprint density at radius 2 is 1.89 bits per heavy atom. The minimum Gasteiger partial charge on any atom is -0.314 e. The first-order valence-corrected chi connectivity index (χ1v) is 5.93. The number of aryl methyl sites for hydroxylation is 2. The van der Waals surface area contributed by atoms with Gasteiger partial charge in [-0.25, -0.2) is 4.68 Å². The number of nitrogens with one attached hydrogen (secondary N) is 1. The van der Waals surface area contributed by atoms with Crippen molar-refractivity contribution in [2.45, 2.75) is 20.4 Å². The summed E-state index contributed by atoms with van der Waals surface area (Å²) in [6, 6.07) is 9.70. The van der Waals surface area contributed by atoms with Gasteiger partial charge in [-0.05, 0) is 33.0 Å². The van der Waals surface area contributed by atoms with Crippen LogP contribution in [0.5, 0.6) is 0 Å². The quantitative estimate of drug-likeness (QED) is 0.890. The lowest BCUT2D eigenvalue weighted by Gasteiger charge is -2.11. The second-order valence-electron chi connectivity index (χ2n) is 4.37. The minimum atomic E-state index is -0.0230. The first-order valence-electron chi connectivity index (χ1n) is 5.93.